The van der Waals surface area contributed by atoms with E-state index in [1.54, 1.807) is 17.7 Å². The van der Waals surface area contributed by atoms with E-state index < -0.39 is 6.10 Å². The van der Waals surface area contributed by atoms with Crippen molar-refractivity contribution in [3.8, 4) is 11.6 Å². The average molecular weight is 315 g/mol. The van der Waals surface area contributed by atoms with E-state index >= 15 is 0 Å². The fourth-order valence-electron chi connectivity index (χ4n) is 2.49. The number of carbonyl (C=O) groups excluding carboxylic acids is 1. The summed E-state index contributed by atoms with van der Waals surface area (Å²) >= 11 is 0. The first-order valence-electron chi connectivity index (χ1n) is 7.89. The topological polar surface area (TPSA) is 65.4 Å². The third kappa shape index (κ3) is 4.10. The van der Waals surface area contributed by atoms with Crippen molar-refractivity contribution in [2.24, 2.45) is 0 Å². The summed E-state index contributed by atoms with van der Waals surface area (Å²) in [7, 11) is 0. The Labute approximate surface area is 135 Å². The summed E-state index contributed by atoms with van der Waals surface area (Å²) in [6, 6.07) is 11.5. The Morgan fingerprint density at radius 1 is 1.43 bits per heavy atom. The number of hydrogen-bond donors (Lipinski definition) is 1. The van der Waals surface area contributed by atoms with Gasteiger partial charge in [-0.1, -0.05) is 18.2 Å². The quantitative estimate of drug-likeness (QED) is 0.885. The first-order chi connectivity index (χ1) is 11.2. The van der Waals surface area contributed by atoms with E-state index in [-0.39, 0.29) is 12.0 Å². The van der Waals surface area contributed by atoms with Crippen LogP contribution in [0.2, 0.25) is 0 Å². The summed E-state index contributed by atoms with van der Waals surface area (Å²) in [6.45, 7) is 3.03. The predicted molar refractivity (Wildman–Crippen MR) is 85.6 cm³/mol. The van der Waals surface area contributed by atoms with Gasteiger partial charge in [-0.15, -0.1) is 5.10 Å². The molecule has 1 N–H and O–H groups in total. The first kappa shape index (κ1) is 15.6. The number of para-hydroxylation sites is 1. The van der Waals surface area contributed by atoms with Crippen LogP contribution in [-0.4, -0.2) is 41.0 Å². The van der Waals surface area contributed by atoms with Crippen molar-refractivity contribution in [2.75, 3.05) is 13.2 Å². The van der Waals surface area contributed by atoms with Gasteiger partial charge in [-0.3, -0.25) is 4.79 Å². The minimum absolute atomic E-state index is 0.128. The highest BCUT2D eigenvalue weighted by Gasteiger charge is 2.20. The van der Waals surface area contributed by atoms with Crippen molar-refractivity contribution in [1.29, 1.82) is 0 Å². The standard InChI is InChI=1S/C17H21N3O3/c1-13(17(21)18-12-15-8-5-11-22-15)23-16-9-10-20(19-16)14-6-3-2-4-7-14/h2-4,6-7,9-10,13,15H,5,8,11-12H2,1H3,(H,18,21)/t13-,15+/m1/s1. The lowest BCUT2D eigenvalue weighted by atomic mass is 10.2. The maximum atomic E-state index is 12.1. The number of nitrogens with zero attached hydrogens (tertiary/aromatic N) is 2. The van der Waals surface area contributed by atoms with Gasteiger partial charge in [-0.05, 0) is 31.9 Å². The molecule has 1 fully saturated rings. The van der Waals surface area contributed by atoms with Gasteiger partial charge >= 0.3 is 0 Å². The average Bonchev–Trinajstić information content (AvgIpc) is 3.25. The second-order valence-corrected chi connectivity index (χ2v) is 5.57. The van der Waals surface area contributed by atoms with Gasteiger partial charge in [0.15, 0.2) is 6.10 Å². The molecule has 2 atom stereocenters. The van der Waals surface area contributed by atoms with Gasteiger partial charge in [0.2, 0.25) is 5.88 Å². The zero-order chi connectivity index (χ0) is 16.1. The molecule has 1 aromatic heterocycles. The van der Waals surface area contributed by atoms with E-state index in [0.29, 0.717) is 12.4 Å². The van der Waals surface area contributed by atoms with E-state index in [0.717, 1.165) is 25.1 Å². The predicted octanol–water partition coefficient (Wildman–Crippen LogP) is 1.93. The van der Waals surface area contributed by atoms with E-state index in [9.17, 15) is 4.79 Å². The largest absolute Gasteiger partial charge is 0.463 e. The highest BCUT2D eigenvalue weighted by atomic mass is 16.5. The SMILES string of the molecule is C[C@@H](Oc1ccn(-c2ccccc2)n1)C(=O)NC[C@@H]1CCCO1. The van der Waals surface area contributed by atoms with Crippen molar-refractivity contribution in [3.05, 3.63) is 42.6 Å². The van der Waals surface area contributed by atoms with E-state index in [4.69, 9.17) is 9.47 Å². The number of amides is 1. The van der Waals surface area contributed by atoms with Crippen molar-refractivity contribution in [1.82, 2.24) is 15.1 Å². The molecule has 0 unspecified atom stereocenters. The Balaban J connectivity index is 1.52. The van der Waals surface area contributed by atoms with Crippen molar-refractivity contribution >= 4 is 5.91 Å². The Kier molecular flexibility index (Phi) is 4.92. The Bertz CT molecular complexity index is 636. The molecule has 0 aliphatic carbocycles. The van der Waals surface area contributed by atoms with Crippen LogP contribution in [0.1, 0.15) is 19.8 Å². The minimum atomic E-state index is -0.601. The monoisotopic (exact) mass is 315 g/mol. The van der Waals surface area contributed by atoms with Crippen LogP contribution in [0.4, 0.5) is 0 Å². The van der Waals surface area contributed by atoms with Gasteiger partial charge in [0.1, 0.15) is 0 Å². The highest BCUT2D eigenvalue weighted by Crippen LogP contribution is 2.13. The molecule has 0 radical (unpaired) electrons. The molecule has 1 aliphatic rings. The summed E-state index contributed by atoms with van der Waals surface area (Å²) in [5.74, 6) is 0.267. The number of hydrogen-bond acceptors (Lipinski definition) is 4. The molecule has 23 heavy (non-hydrogen) atoms. The normalized spacial score (nSPS) is 18.6. The van der Waals surface area contributed by atoms with Crippen molar-refractivity contribution in [3.63, 3.8) is 0 Å². The molecule has 1 aliphatic heterocycles. The van der Waals surface area contributed by atoms with Gasteiger partial charge in [0.25, 0.3) is 5.91 Å². The molecule has 0 bridgehead atoms. The van der Waals surface area contributed by atoms with Crippen molar-refractivity contribution < 1.29 is 14.3 Å². The fourth-order valence-corrected chi connectivity index (χ4v) is 2.49. The lowest BCUT2D eigenvalue weighted by Crippen LogP contribution is -2.40. The second kappa shape index (κ2) is 7.28. The van der Waals surface area contributed by atoms with Crippen LogP contribution in [0.15, 0.2) is 42.6 Å². The molecular formula is C17H21N3O3. The van der Waals surface area contributed by atoms with Gasteiger partial charge in [-0.25, -0.2) is 4.68 Å². The van der Waals surface area contributed by atoms with Crippen LogP contribution in [-0.2, 0) is 9.53 Å². The summed E-state index contributed by atoms with van der Waals surface area (Å²) in [4.78, 5) is 12.1. The summed E-state index contributed by atoms with van der Waals surface area (Å²) in [5, 5.41) is 7.19. The molecular weight excluding hydrogens is 294 g/mol. The lowest BCUT2D eigenvalue weighted by Gasteiger charge is -2.15. The first-order valence-corrected chi connectivity index (χ1v) is 7.89. The number of rotatable bonds is 6. The van der Waals surface area contributed by atoms with Crippen LogP contribution < -0.4 is 10.1 Å². The smallest absolute Gasteiger partial charge is 0.260 e. The van der Waals surface area contributed by atoms with Crippen molar-refractivity contribution in [2.45, 2.75) is 32.0 Å². The number of carbonyl (C=O) groups is 1. The molecule has 6 nitrogen and oxygen atoms in total. The van der Waals surface area contributed by atoms with Gasteiger partial charge in [0.05, 0.1) is 11.8 Å². The molecule has 122 valence electrons. The third-order valence-corrected chi connectivity index (χ3v) is 3.78. The maximum absolute atomic E-state index is 12.1. The molecule has 0 spiro atoms. The third-order valence-electron chi connectivity index (χ3n) is 3.78. The van der Waals surface area contributed by atoms with E-state index in [1.165, 1.54) is 0 Å². The van der Waals surface area contributed by atoms with Crippen LogP contribution in [0.3, 0.4) is 0 Å². The number of ether oxygens (including phenoxy) is 2. The fraction of sp³-hybridized carbons (Fsp3) is 0.412. The molecule has 2 aromatic rings. The van der Waals surface area contributed by atoms with E-state index in [2.05, 4.69) is 10.4 Å². The molecule has 1 amide bonds. The summed E-state index contributed by atoms with van der Waals surface area (Å²) in [6.07, 6.45) is 3.39. The Morgan fingerprint density at radius 2 is 2.26 bits per heavy atom. The van der Waals surface area contributed by atoms with Gasteiger partial charge in [0, 0.05) is 25.4 Å². The summed E-state index contributed by atoms with van der Waals surface area (Å²) < 4.78 is 12.8. The van der Waals surface area contributed by atoms with Crippen LogP contribution in [0.5, 0.6) is 5.88 Å². The molecule has 3 rings (SSSR count). The molecule has 1 saturated heterocycles. The van der Waals surface area contributed by atoms with Gasteiger partial charge in [-0.2, -0.15) is 0 Å². The zero-order valence-electron chi connectivity index (χ0n) is 13.1. The maximum Gasteiger partial charge on any atom is 0.260 e. The number of benzene rings is 1. The van der Waals surface area contributed by atoms with E-state index in [1.807, 2.05) is 36.5 Å². The molecule has 2 heterocycles. The van der Waals surface area contributed by atoms with Crippen LogP contribution in [0.25, 0.3) is 5.69 Å². The Hall–Kier alpha value is -2.34. The van der Waals surface area contributed by atoms with Crippen LogP contribution >= 0.6 is 0 Å². The lowest BCUT2D eigenvalue weighted by molar-refractivity contribution is -0.127. The molecule has 0 saturated carbocycles. The van der Waals surface area contributed by atoms with Gasteiger partial charge < -0.3 is 14.8 Å². The Morgan fingerprint density at radius 3 is 3.00 bits per heavy atom. The molecule has 1 aromatic carbocycles. The van der Waals surface area contributed by atoms with Crippen LogP contribution in [0, 0.1) is 0 Å². The number of nitrogens with one attached hydrogen (secondary N) is 1. The molecule has 6 heteroatoms. The highest BCUT2D eigenvalue weighted by molar-refractivity contribution is 5.80. The minimum Gasteiger partial charge on any atom is -0.463 e. The summed E-state index contributed by atoms with van der Waals surface area (Å²) in [5.41, 5.74) is 0.942. The second-order valence-electron chi connectivity index (χ2n) is 5.57. The number of aromatic nitrogens is 2. The zero-order valence-corrected chi connectivity index (χ0v) is 13.1.